The van der Waals surface area contributed by atoms with Crippen LogP contribution in [0.15, 0.2) is 71.7 Å². The Bertz CT molecular complexity index is 1530. The maximum atomic E-state index is 13.3. The van der Waals surface area contributed by atoms with Gasteiger partial charge in [0.2, 0.25) is 0 Å². The highest BCUT2D eigenvalue weighted by atomic mass is 16.5. The lowest BCUT2D eigenvalue weighted by molar-refractivity contribution is -0.123. The number of ketones is 2. The molecule has 0 saturated carbocycles. The van der Waals surface area contributed by atoms with Crippen molar-refractivity contribution in [2.45, 2.75) is 25.8 Å². The van der Waals surface area contributed by atoms with E-state index in [1.807, 2.05) is 42.5 Å². The Morgan fingerprint density at radius 2 is 1.74 bits per heavy atom. The molecule has 0 bridgehead atoms. The van der Waals surface area contributed by atoms with Crippen LogP contribution >= 0.6 is 0 Å². The second-order valence-electron chi connectivity index (χ2n) is 8.70. The number of rotatable bonds is 4. The number of nitrogens with one attached hydrogen (secondary N) is 1. The normalized spacial score (nSPS) is 18.6. The second kappa shape index (κ2) is 7.73. The number of allylic oxidation sites excluding steroid dienone is 3. The topological polar surface area (TPSA) is 133 Å². The first-order valence-corrected chi connectivity index (χ1v) is 10.9. The number of aliphatic hydroxyl groups excluding tert-OH is 1. The van der Waals surface area contributed by atoms with Crippen LogP contribution < -0.4 is 10.1 Å². The summed E-state index contributed by atoms with van der Waals surface area (Å²) in [6.07, 6.45) is 1.12. The Hall–Kier alpha value is -4.59. The van der Waals surface area contributed by atoms with Crippen molar-refractivity contribution in [3.63, 3.8) is 0 Å². The van der Waals surface area contributed by atoms with Crippen molar-refractivity contribution in [1.82, 2.24) is 5.32 Å². The van der Waals surface area contributed by atoms with E-state index in [0.717, 1.165) is 35.4 Å². The molecule has 4 N–H and O–H groups in total. The molecule has 8 heteroatoms. The van der Waals surface area contributed by atoms with Gasteiger partial charge in [0.25, 0.3) is 5.91 Å². The van der Waals surface area contributed by atoms with Gasteiger partial charge in [-0.15, -0.1) is 0 Å². The number of phenolic OH excluding ortho intramolecular Hbond substituents is 2. The van der Waals surface area contributed by atoms with Gasteiger partial charge in [-0.3, -0.25) is 14.4 Å². The van der Waals surface area contributed by atoms with E-state index in [0.29, 0.717) is 0 Å². The summed E-state index contributed by atoms with van der Waals surface area (Å²) >= 11 is 0. The molecular formula is C27H21NO7. The van der Waals surface area contributed by atoms with Crippen LogP contribution in [0.25, 0.3) is 10.8 Å². The van der Waals surface area contributed by atoms with Crippen LogP contribution in [-0.4, -0.2) is 32.8 Å². The number of amides is 1. The molecule has 0 fully saturated rings. The van der Waals surface area contributed by atoms with Crippen LogP contribution in [0.3, 0.4) is 0 Å². The zero-order valence-corrected chi connectivity index (χ0v) is 18.9. The number of fused-ring (bicyclic) bond motifs is 4. The predicted molar refractivity (Wildman–Crippen MR) is 126 cm³/mol. The molecule has 1 aliphatic carbocycles. The number of carbonyl (C=O) groups is 3. The molecule has 5 rings (SSSR count). The first kappa shape index (κ1) is 22.2. The Morgan fingerprint density at radius 3 is 2.49 bits per heavy atom. The molecule has 1 aliphatic heterocycles. The van der Waals surface area contributed by atoms with Gasteiger partial charge in [0.1, 0.15) is 39.6 Å². The fourth-order valence-corrected chi connectivity index (χ4v) is 4.78. The summed E-state index contributed by atoms with van der Waals surface area (Å²) in [5.41, 5.74) is -1.57. The third kappa shape index (κ3) is 3.18. The SMILES string of the molecule is CC(=O)C1=C(O)C=C2Oc3c(C(=O)NCc4cccc5ccccc45)c(O)cc(O)c3C2(C)C1=O. The van der Waals surface area contributed by atoms with Crippen molar-refractivity contribution in [3.05, 3.63) is 88.4 Å². The largest absolute Gasteiger partial charge is 0.507 e. The van der Waals surface area contributed by atoms with Crippen LogP contribution in [0.1, 0.15) is 35.3 Å². The Kier molecular flexibility index (Phi) is 4.91. The number of carbonyl (C=O) groups excluding carboxylic acids is 3. The molecule has 0 saturated heterocycles. The average molecular weight is 471 g/mol. The van der Waals surface area contributed by atoms with Gasteiger partial charge < -0.3 is 25.4 Å². The minimum atomic E-state index is -1.66. The standard InChI is InChI=1S/C27H21NO7/c1-13(29)21-18(31)11-20-27(2,25(21)33)23-19(32)10-17(30)22(24(23)35-20)26(34)28-12-15-8-5-7-14-6-3-4-9-16(14)15/h3-11,30-32H,12H2,1-2H3,(H,28,34). The van der Waals surface area contributed by atoms with Crippen LogP contribution in [0.2, 0.25) is 0 Å². The molecule has 2 aliphatic rings. The summed E-state index contributed by atoms with van der Waals surface area (Å²) in [5.74, 6) is -3.98. The van der Waals surface area contributed by atoms with E-state index in [1.54, 1.807) is 0 Å². The Morgan fingerprint density at radius 1 is 1.03 bits per heavy atom. The van der Waals surface area contributed by atoms with E-state index < -0.39 is 45.7 Å². The zero-order chi connectivity index (χ0) is 25.1. The van der Waals surface area contributed by atoms with E-state index >= 15 is 0 Å². The van der Waals surface area contributed by atoms with Gasteiger partial charge in [0, 0.05) is 18.7 Å². The molecule has 1 unspecified atom stereocenters. The number of benzene rings is 3. The Balaban J connectivity index is 1.55. The summed E-state index contributed by atoms with van der Waals surface area (Å²) in [4.78, 5) is 38.5. The number of ether oxygens (including phenoxy) is 1. The average Bonchev–Trinajstić information content (AvgIpc) is 3.10. The fourth-order valence-electron chi connectivity index (χ4n) is 4.78. The van der Waals surface area contributed by atoms with Crippen LogP contribution in [0, 0.1) is 0 Å². The number of phenols is 2. The molecule has 35 heavy (non-hydrogen) atoms. The third-order valence-corrected chi connectivity index (χ3v) is 6.55. The van der Waals surface area contributed by atoms with Crippen molar-refractivity contribution in [2.75, 3.05) is 0 Å². The quantitative estimate of drug-likeness (QED) is 0.427. The van der Waals surface area contributed by atoms with Gasteiger partial charge in [-0.25, -0.2) is 0 Å². The van der Waals surface area contributed by atoms with Gasteiger partial charge in [0.05, 0.1) is 5.56 Å². The van der Waals surface area contributed by atoms with Crippen molar-refractivity contribution in [1.29, 1.82) is 0 Å². The van der Waals surface area contributed by atoms with Crippen molar-refractivity contribution < 1.29 is 34.4 Å². The van der Waals surface area contributed by atoms with Gasteiger partial charge in [-0.2, -0.15) is 0 Å². The van der Waals surface area contributed by atoms with E-state index in [1.165, 1.54) is 6.92 Å². The molecular weight excluding hydrogens is 450 g/mol. The number of Topliss-reactive ketones (excluding diaryl/α,β-unsaturated/α-hetero) is 2. The molecule has 0 spiro atoms. The molecule has 1 atom stereocenters. The van der Waals surface area contributed by atoms with E-state index in [2.05, 4.69) is 5.32 Å². The van der Waals surface area contributed by atoms with Crippen LogP contribution in [-0.2, 0) is 21.5 Å². The van der Waals surface area contributed by atoms with Crippen LogP contribution in [0.5, 0.6) is 17.2 Å². The Labute approximate surface area is 199 Å². The van der Waals surface area contributed by atoms with E-state index in [-0.39, 0.29) is 29.2 Å². The molecule has 8 nitrogen and oxygen atoms in total. The van der Waals surface area contributed by atoms with Gasteiger partial charge in [-0.1, -0.05) is 42.5 Å². The van der Waals surface area contributed by atoms with Crippen molar-refractivity contribution >= 4 is 28.2 Å². The third-order valence-electron chi connectivity index (χ3n) is 6.55. The summed E-state index contributed by atoms with van der Waals surface area (Å²) < 4.78 is 5.77. The first-order chi connectivity index (χ1) is 16.6. The number of aliphatic hydroxyl groups is 1. The summed E-state index contributed by atoms with van der Waals surface area (Å²) in [6, 6.07) is 14.4. The maximum absolute atomic E-state index is 13.3. The number of hydrogen-bond acceptors (Lipinski definition) is 7. The molecule has 3 aromatic rings. The molecule has 1 heterocycles. The predicted octanol–water partition coefficient (Wildman–Crippen LogP) is 3.70. The lowest BCUT2D eigenvalue weighted by atomic mass is 9.71. The van der Waals surface area contributed by atoms with Gasteiger partial charge >= 0.3 is 0 Å². The number of aromatic hydroxyl groups is 2. The van der Waals surface area contributed by atoms with Gasteiger partial charge in [0.15, 0.2) is 17.3 Å². The number of hydrogen-bond donors (Lipinski definition) is 4. The highest BCUT2D eigenvalue weighted by molar-refractivity contribution is 6.25. The summed E-state index contributed by atoms with van der Waals surface area (Å²) in [7, 11) is 0. The minimum Gasteiger partial charge on any atom is -0.507 e. The molecule has 3 aromatic carbocycles. The summed E-state index contributed by atoms with van der Waals surface area (Å²) in [5, 5.41) is 36.2. The van der Waals surface area contributed by atoms with Crippen LogP contribution in [0.4, 0.5) is 0 Å². The first-order valence-electron chi connectivity index (χ1n) is 10.9. The van der Waals surface area contributed by atoms with E-state index in [9.17, 15) is 29.7 Å². The highest BCUT2D eigenvalue weighted by Crippen LogP contribution is 2.56. The van der Waals surface area contributed by atoms with E-state index in [4.69, 9.17) is 4.74 Å². The fraction of sp³-hybridized carbons (Fsp3) is 0.148. The zero-order valence-electron chi connectivity index (χ0n) is 18.9. The lowest BCUT2D eigenvalue weighted by Crippen LogP contribution is -2.38. The summed E-state index contributed by atoms with van der Waals surface area (Å²) in [6.45, 7) is 2.72. The molecule has 1 amide bonds. The smallest absolute Gasteiger partial charge is 0.259 e. The van der Waals surface area contributed by atoms with Gasteiger partial charge in [-0.05, 0) is 30.2 Å². The monoisotopic (exact) mass is 471 g/mol. The second-order valence-corrected chi connectivity index (χ2v) is 8.70. The maximum Gasteiger partial charge on any atom is 0.259 e. The molecule has 0 radical (unpaired) electrons. The molecule has 176 valence electrons. The highest BCUT2D eigenvalue weighted by Gasteiger charge is 2.55. The molecule has 0 aromatic heterocycles. The minimum absolute atomic E-state index is 0.0619. The van der Waals surface area contributed by atoms with Crippen molar-refractivity contribution in [3.8, 4) is 17.2 Å². The van der Waals surface area contributed by atoms with Crippen molar-refractivity contribution in [2.24, 2.45) is 0 Å². The lowest BCUT2D eigenvalue weighted by Gasteiger charge is -2.27.